The molecule has 0 spiro atoms. The van der Waals surface area contributed by atoms with Crippen LogP contribution in [0.4, 0.5) is 0 Å². The van der Waals surface area contributed by atoms with Crippen LogP contribution < -0.4 is 0 Å². The molecule has 0 saturated heterocycles. The SMILES string of the molecule is COC(=O)c1ccc(-c2nnc(C3(c4ccccc4)CC3)n2C)c(Cl)c1. The standard InChI is InChI=1S/C20H18ClN3O2/c1-24-17(15-9-8-13(12-16(15)21)18(25)26-2)22-23-19(24)20(10-11-20)14-6-4-3-5-7-14/h3-9,12H,10-11H2,1-2H3. The third-order valence-electron chi connectivity index (χ3n) is 5.01. The highest BCUT2D eigenvalue weighted by Crippen LogP contribution is 2.53. The molecule has 1 aliphatic carbocycles. The Balaban J connectivity index is 1.74. The van der Waals surface area contributed by atoms with E-state index in [2.05, 4.69) is 34.5 Å². The number of rotatable bonds is 4. The van der Waals surface area contributed by atoms with Crippen molar-refractivity contribution in [2.24, 2.45) is 7.05 Å². The van der Waals surface area contributed by atoms with E-state index in [0.29, 0.717) is 16.4 Å². The lowest BCUT2D eigenvalue weighted by Gasteiger charge is -2.15. The first-order valence-corrected chi connectivity index (χ1v) is 8.78. The van der Waals surface area contributed by atoms with E-state index >= 15 is 0 Å². The summed E-state index contributed by atoms with van der Waals surface area (Å²) in [6.07, 6.45) is 2.11. The summed E-state index contributed by atoms with van der Waals surface area (Å²) < 4.78 is 6.73. The molecule has 1 saturated carbocycles. The van der Waals surface area contributed by atoms with Crippen molar-refractivity contribution in [3.05, 3.63) is 70.5 Å². The number of carbonyl (C=O) groups is 1. The predicted molar refractivity (Wildman–Crippen MR) is 99.2 cm³/mol. The molecule has 1 aliphatic rings. The second kappa shape index (κ2) is 6.25. The van der Waals surface area contributed by atoms with E-state index in [0.717, 1.165) is 24.2 Å². The highest BCUT2D eigenvalue weighted by atomic mass is 35.5. The topological polar surface area (TPSA) is 57.0 Å². The molecule has 132 valence electrons. The van der Waals surface area contributed by atoms with E-state index in [1.807, 2.05) is 17.7 Å². The zero-order valence-electron chi connectivity index (χ0n) is 14.6. The summed E-state index contributed by atoms with van der Waals surface area (Å²) in [6, 6.07) is 15.5. The van der Waals surface area contributed by atoms with Crippen LogP contribution >= 0.6 is 11.6 Å². The third kappa shape index (κ3) is 2.59. The molecule has 0 unspecified atom stereocenters. The van der Waals surface area contributed by atoms with Crippen LogP contribution in [0.5, 0.6) is 0 Å². The Kier molecular flexibility index (Phi) is 4.04. The number of ether oxygens (including phenoxy) is 1. The van der Waals surface area contributed by atoms with Crippen LogP contribution in [0.2, 0.25) is 5.02 Å². The van der Waals surface area contributed by atoms with E-state index in [1.165, 1.54) is 12.7 Å². The van der Waals surface area contributed by atoms with Gasteiger partial charge in [-0.05, 0) is 36.6 Å². The zero-order chi connectivity index (χ0) is 18.3. The van der Waals surface area contributed by atoms with Gasteiger partial charge in [0.1, 0.15) is 5.82 Å². The summed E-state index contributed by atoms with van der Waals surface area (Å²) in [6.45, 7) is 0. The van der Waals surface area contributed by atoms with Crippen molar-refractivity contribution in [1.82, 2.24) is 14.8 Å². The van der Waals surface area contributed by atoms with Crippen molar-refractivity contribution in [2.75, 3.05) is 7.11 Å². The number of hydrogen-bond donors (Lipinski definition) is 0. The van der Waals surface area contributed by atoms with Gasteiger partial charge in [0.25, 0.3) is 0 Å². The van der Waals surface area contributed by atoms with Gasteiger partial charge in [-0.2, -0.15) is 0 Å². The first kappa shape index (κ1) is 16.8. The predicted octanol–water partition coefficient (Wildman–Crippen LogP) is 4.00. The Hall–Kier alpha value is -2.66. The Labute approximate surface area is 156 Å². The van der Waals surface area contributed by atoms with Crippen LogP contribution in [0.3, 0.4) is 0 Å². The van der Waals surface area contributed by atoms with Crippen molar-refractivity contribution in [3.8, 4) is 11.4 Å². The highest BCUT2D eigenvalue weighted by Gasteiger charge is 2.49. The minimum absolute atomic E-state index is 0.0697. The Morgan fingerprint density at radius 1 is 1.15 bits per heavy atom. The quantitative estimate of drug-likeness (QED) is 0.654. The Morgan fingerprint density at radius 3 is 2.50 bits per heavy atom. The van der Waals surface area contributed by atoms with Gasteiger partial charge < -0.3 is 9.30 Å². The van der Waals surface area contributed by atoms with Gasteiger partial charge in [0.05, 0.1) is 23.1 Å². The number of aromatic nitrogens is 3. The highest BCUT2D eigenvalue weighted by molar-refractivity contribution is 6.33. The molecular weight excluding hydrogens is 350 g/mol. The van der Waals surface area contributed by atoms with Crippen LogP contribution in [0, 0.1) is 0 Å². The molecule has 0 atom stereocenters. The van der Waals surface area contributed by atoms with Crippen molar-refractivity contribution in [3.63, 3.8) is 0 Å². The van der Waals surface area contributed by atoms with Crippen molar-refractivity contribution < 1.29 is 9.53 Å². The van der Waals surface area contributed by atoms with E-state index in [-0.39, 0.29) is 5.41 Å². The second-order valence-corrected chi connectivity index (χ2v) is 6.95. The van der Waals surface area contributed by atoms with Gasteiger partial charge in [-0.1, -0.05) is 41.9 Å². The first-order chi connectivity index (χ1) is 12.6. The largest absolute Gasteiger partial charge is 0.465 e. The molecule has 5 nitrogen and oxygen atoms in total. The normalized spacial score (nSPS) is 14.9. The molecule has 1 heterocycles. The fraction of sp³-hybridized carbons (Fsp3) is 0.250. The number of carbonyl (C=O) groups excluding carboxylic acids is 1. The second-order valence-electron chi connectivity index (χ2n) is 6.54. The van der Waals surface area contributed by atoms with Gasteiger partial charge in [-0.15, -0.1) is 10.2 Å². The fourth-order valence-corrected chi connectivity index (χ4v) is 3.71. The summed E-state index contributed by atoms with van der Waals surface area (Å²) in [5.41, 5.74) is 2.34. The smallest absolute Gasteiger partial charge is 0.337 e. The summed E-state index contributed by atoms with van der Waals surface area (Å²) in [7, 11) is 3.30. The van der Waals surface area contributed by atoms with Crippen molar-refractivity contribution in [1.29, 1.82) is 0 Å². The lowest BCUT2D eigenvalue weighted by atomic mass is 9.95. The van der Waals surface area contributed by atoms with E-state index in [9.17, 15) is 4.79 Å². The van der Waals surface area contributed by atoms with Crippen LogP contribution in [-0.4, -0.2) is 27.8 Å². The summed E-state index contributed by atoms with van der Waals surface area (Å²) in [5.74, 6) is 1.20. The molecule has 0 radical (unpaired) electrons. The molecule has 0 amide bonds. The van der Waals surface area contributed by atoms with Crippen LogP contribution in [-0.2, 0) is 17.2 Å². The number of nitrogens with zero attached hydrogens (tertiary/aromatic N) is 3. The molecule has 3 aromatic rings. The average Bonchev–Trinajstić information content (AvgIpc) is 3.39. The maximum Gasteiger partial charge on any atom is 0.337 e. The number of esters is 1. The minimum atomic E-state index is -0.418. The molecule has 0 bridgehead atoms. The third-order valence-corrected chi connectivity index (χ3v) is 5.32. The Morgan fingerprint density at radius 2 is 1.88 bits per heavy atom. The average molecular weight is 368 g/mol. The monoisotopic (exact) mass is 367 g/mol. The van der Waals surface area contributed by atoms with Gasteiger partial charge in [-0.3, -0.25) is 0 Å². The molecule has 0 aliphatic heterocycles. The minimum Gasteiger partial charge on any atom is -0.465 e. The molecular formula is C20H18ClN3O2. The van der Waals surface area contributed by atoms with Crippen LogP contribution in [0.25, 0.3) is 11.4 Å². The van der Waals surface area contributed by atoms with Gasteiger partial charge in [-0.25, -0.2) is 4.79 Å². The molecule has 2 aromatic carbocycles. The maximum absolute atomic E-state index is 11.7. The molecule has 26 heavy (non-hydrogen) atoms. The van der Waals surface area contributed by atoms with Crippen LogP contribution in [0.1, 0.15) is 34.6 Å². The summed E-state index contributed by atoms with van der Waals surface area (Å²) in [5, 5.41) is 9.31. The van der Waals surface area contributed by atoms with E-state index in [1.54, 1.807) is 18.2 Å². The Bertz CT molecular complexity index is 978. The molecule has 0 N–H and O–H groups in total. The molecule has 6 heteroatoms. The number of hydrogen-bond acceptors (Lipinski definition) is 4. The van der Waals surface area contributed by atoms with Crippen molar-refractivity contribution in [2.45, 2.75) is 18.3 Å². The molecule has 4 rings (SSSR count). The zero-order valence-corrected chi connectivity index (χ0v) is 15.3. The molecule has 1 aromatic heterocycles. The summed E-state index contributed by atoms with van der Waals surface area (Å²) in [4.78, 5) is 11.7. The van der Waals surface area contributed by atoms with Gasteiger partial charge in [0.2, 0.25) is 0 Å². The van der Waals surface area contributed by atoms with Gasteiger partial charge in [0, 0.05) is 12.6 Å². The molecule has 1 fully saturated rings. The first-order valence-electron chi connectivity index (χ1n) is 8.40. The lowest BCUT2D eigenvalue weighted by Crippen LogP contribution is -2.15. The fourth-order valence-electron chi connectivity index (χ4n) is 3.45. The van der Waals surface area contributed by atoms with Crippen molar-refractivity contribution >= 4 is 17.6 Å². The summed E-state index contributed by atoms with van der Waals surface area (Å²) >= 11 is 6.40. The van der Waals surface area contributed by atoms with Gasteiger partial charge in [0.15, 0.2) is 5.82 Å². The lowest BCUT2D eigenvalue weighted by molar-refractivity contribution is 0.0601. The number of methoxy groups -OCH3 is 1. The van der Waals surface area contributed by atoms with Crippen LogP contribution in [0.15, 0.2) is 48.5 Å². The maximum atomic E-state index is 11.7. The van der Waals surface area contributed by atoms with E-state index in [4.69, 9.17) is 16.3 Å². The van der Waals surface area contributed by atoms with E-state index < -0.39 is 5.97 Å². The number of benzene rings is 2. The van der Waals surface area contributed by atoms with Gasteiger partial charge >= 0.3 is 5.97 Å². The number of halogens is 1.